The number of allylic oxidation sites excluding steroid dienone is 2. The van der Waals surface area contributed by atoms with Gasteiger partial charge in [-0.3, -0.25) is 0 Å². The van der Waals surface area contributed by atoms with Crippen molar-refractivity contribution in [2.45, 2.75) is 18.2 Å². The lowest BCUT2D eigenvalue weighted by Crippen LogP contribution is -2.11. The molecule has 0 fully saturated rings. The number of halogens is 1. The van der Waals surface area contributed by atoms with E-state index in [-0.39, 0.29) is 17.4 Å². The number of alkyl halides is 1. The zero-order valence-electron chi connectivity index (χ0n) is 6.87. The van der Waals surface area contributed by atoms with Gasteiger partial charge in [0.05, 0.1) is 11.0 Å². The number of hydrogen-bond acceptors (Lipinski definition) is 2. The molecule has 0 aromatic carbocycles. The maximum absolute atomic E-state index is 10.7. The largest absolute Gasteiger partial charge is 0.478 e. The van der Waals surface area contributed by atoms with Gasteiger partial charge in [0.1, 0.15) is 6.29 Å². The van der Waals surface area contributed by atoms with E-state index in [1.54, 1.807) is 12.2 Å². The second kappa shape index (κ2) is 4.23. The van der Waals surface area contributed by atoms with E-state index in [0.29, 0.717) is 18.3 Å². The van der Waals surface area contributed by atoms with Crippen molar-refractivity contribution < 1.29 is 14.7 Å². The van der Waals surface area contributed by atoms with Crippen LogP contribution in [0.25, 0.3) is 0 Å². The maximum atomic E-state index is 10.7. The number of aliphatic carboxylic acids is 1. The van der Waals surface area contributed by atoms with E-state index in [9.17, 15) is 9.59 Å². The van der Waals surface area contributed by atoms with E-state index < -0.39 is 5.97 Å². The predicted molar refractivity (Wildman–Crippen MR) is 48.7 cm³/mol. The normalized spacial score (nSPS) is 21.8. The second-order valence-corrected chi connectivity index (χ2v) is 3.30. The second-order valence-electron chi connectivity index (χ2n) is 2.74. The van der Waals surface area contributed by atoms with Crippen LogP contribution in [0.2, 0.25) is 0 Å². The fourth-order valence-electron chi connectivity index (χ4n) is 1.23. The van der Waals surface area contributed by atoms with E-state index in [0.717, 1.165) is 0 Å². The van der Waals surface area contributed by atoms with Gasteiger partial charge in [0.25, 0.3) is 0 Å². The smallest absolute Gasteiger partial charge is 0.335 e. The van der Waals surface area contributed by atoms with Crippen LogP contribution in [0.4, 0.5) is 0 Å². The molecule has 0 spiro atoms. The number of hydrogen-bond donors (Lipinski definition) is 1. The van der Waals surface area contributed by atoms with Gasteiger partial charge in [-0.1, -0.05) is 12.2 Å². The first kappa shape index (κ1) is 9.99. The Morgan fingerprint density at radius 3 is 3.00 bits per heavy atom. The van der Waals surface area contributed by atoms with Crippen LogP contribution in [0.15, 0.2) is 23.3 Å². The number of rotatable bonds is 3. The Balaban J connectivity index is 2.89. The third kappa shape index (κ3) is 2.42. The highest BCUT2D eigenvalue weighted by Crippen LogP contribution is 2.23. The standard InChI is InChI=1S/C9H9ClO3/c10-7-1-2-8(9(12)13)6(5-7)3-4-11/h2,4-5,7H,1,3H2,(H,12,13). The molecule has 70 valence electrons. The average molecular weight is 201 g/mol. The molecule has 0 heterocycles. The minimum atomic E-state index is -1.00. The summed E-state index contributed by atoms with van der Waals surface area (Å²) in [5.41, 5.74) is 0.706. The van der Waals surface area contributed by atoms with Gasteiger partial charge in [0.2, 0.25) is 0 Å². The van der Waals surface area contributed by atoms with Crippen molar-refractivity contribution in [2.24, 2.45) is 0 Å². The minimum Gasteiger partial charge on any atom is -0.478 e. The fraction of sp³-hybridized carbons (Fsp3) is 0.333. The van der Waals surface area contributed by atoms with E-state index >= 15 is 0 Å². The third-order valence-electron chi connectivity index (χ3n) is 1.81. The molecule has 1 unspecified atom stereocenters. The molecule has 0 saturated heterocycles. The van der Waals surface area contributed by atoms with Gasteiger partial charge in [0, 0.05) is 6.42 Å². The molecule has 3 nitrogen and oxygen atoms in total. The van der Waals surface area contributed by atoms with Gasteiger partial charge in [0.15, 0.2) is 0 Å². The van der Waals surface area contributed by atoms with Crippen molar-refractivity contribution in [1.29, 1.82) is 0 Å². The van der Waals surface area contributed by atoms with Crippen molar-refractivity contribution >= 4 is 23.9 Å². The average Bonchev–Trinajstić information content (AvgIpc) is 2.04. The molecule has 1 atom stereocenters. The quantitative estimate of drug-likeness (QED) is 0.555. The van der Waals surface area contributed by atoms with E-state index in [4.69, 9.17) is 16.7 Å². The number of carboxylic acids is 1. The van der Waals surface area contributed by atoms with E-state index in [1.807, 2.05) is 0 Å². The summed E-state index contributed by atoms with van der Waals surface area (Å²) in [5.74, 6) is -1.00. The molecule has 0 radical (unpaired) electrons. The monoisotopic (exact) mass is 200 g/mol. The van der Waals surface area contributed by atoms with Gasteiger partial charge < -0.3 is 9.90 Å². The SMILES string of the molecule is O=CCC1=CC(Cl)CC=C1C(=O)O. The van der Waals surface area contributed by atoms with Crippen LogP contribution in [0.5, 0.6) is 0 Å². The molecule has 4 heteroatoms. The summed E-state index contributed by atoms with van der Waals surface area (Å²) in [6.07, 6.45) is 4.47. The highest BCUT2D eigenvalue weighted by atomic mass is 35.5. The number of carbonyl (C=O) groups excluding carboxylic acids is 1. The first-order valence-electron chi connectivity index (χ1n) is 3.87. The first-order valence-corrected chi connectivity index (χ1v) is 4.31. The summed E-state index contributed by atoms with van der Waals surface area (Å²) in [4.78, 5) is 20.9. The Morgan fingerprint density at radius 2 is 2.46 bits per heavy atom. The number of carbonyl (C=O) groups is 2. The Bertz CT molecular complexity index is 291. The molecule has 0 aliphatic heterocycles. The number of carboxylic acid groups (broad SMARTS) is 1. The molecule has 0 aromatic rings. The Kier molecular flexibility index (Phi) is 3.25. The summed E-state index contributed by atoms with van der Waals surface area (Å²) in [6.45, 7) is 0. The molecular formula is C9H9ClO3. The number of aldehydes is 1. The highest BCUT2D eigenvalue weighted by molar-refractivity contribution is 6.22. The van der Waals surface area contributed by atoms with Crippen LogP contribution in [-0.2, 0) is 9.59 Å². The topological polar surface area (TPSA) is 54.4 Å². The van der Waals surface area contributed by atoms with Crippen molar-refractivity contribution in [3.63, 3.8) is 0 Å². The van der Waals surface area contributed by atoms with Crippen LogP contribution < -0.4 is 0 Å². The maximum Gasteiger partial charge on any atom is 0.335 e. The summed E-state index contributed by atoms with van der Waals surface area (Å²) in [6, 6.07) is 0. The molecule has 0 aromatic heterocycles. The van der Waals surface area contributed by atoms with Crippen molar-refractivity contribution in [3.8, 4) is 0 Å². The molecule has 1 rings (SSSR count). The fourth-order valence-corrected chi connectivity index (χ4v) is 1.47. The van der Waals surface area contributed by atoms with Crippen LogP contribution in [0, 0.1) is 0 Å². The van der Waals surface area contributed by atoms with E-state index in [1.165, 1.54) is 0 Å². The van der Waals surface area contributed by atoms with Crippen molar-refractivity contribution in [1.82, 2.24) is 0 Å². The molecule has 1 aliphatic rings. The van der Waals surface area contributed by atoms with Gasteiger partial charge in [-0.05, 0) is 12.0 Å². The van der Waals surface area contributed by atoms with Gasteiger partial charge in [-0.15, -0.1) is 11.6 Å². The van der Waals surface area contributed by atoms with Gasteiger partial charge in [-0.2, -0.15) is 0 Å². The van der Waals surface area contributed by atoms with Gasteiger partial charge >= 0.3 is 5.97 Å². The summed E-state index contributed by atoms with van der Waals surface area (Å²) in [7, 11) is 0. The zero-order valence-corrected chi connectivity index (χ0v) is 7.62. The first-order chi connectivity index (χ1) is 6.15. The summed E-state index contributed by atoms with van der Waals surface area (Å²) in [5, 5.41) is 8.56. The van der Waals surface area contributed by atoms with Crippen LogP contribution in [0.1, 0.15) is 12.8 Å². The van der Waals surface area contributed by atoms with Gasteiger partial charge in [-0.25, -0.2) is 4.79 Å². The van der Waals surface area contributed by atoms with Crippen LogP contribution in [0.3, 0.4) is 0 Å². The Labute approximate surface area is 80.7 Å². The molecular weight excluding hydrogens is 192 g/mol. The molecule has 13 heavy (non-hydrogen) atoms. The van der Waals surface area contributed by atoms with Crippen LogP contribution in [-0.4, -0.2) is 22.7 Å². The summed E-state index contributed by atoms with van der Waals surface area (Å²) < 4.78 is 0. The minimum absolute atomic E-state index is 0.112. The molecule has 1 N–H and O–H groups in total. The van der Waals surface area contributed by atoms with E-state index in [2.05, 4.69) is 0 Å². The lowest BCUT2D eigenvalue weighted by Gasteiger charge is -2.13. The summed E-state index contributed by atoms with van der Waals surface area (Å²) >= 11 is 5.79. The Hall–Kier alpha value is -1.09. The zero-order chi connectivity index (χ0) is 9.84. The van der Waals surface area contributed by atoms with Crippen molar-refractivity contribution in [3.05, 3.63) is 23.3 Å². The lowest BCUT2D eigenvalue weighted by atomic mass is 9.96. The Morgan fingerprint density at radius 1 is 1.77 bits per heavy atom. The third-order valence-corrected chi connectivity index (χ3v) is 2.11. The molecule has 0 saturated carbocycles. The molecule has 1 aliphatic carbocycles. The predicted octanol–water partition coefficient (Wildman–Crippen LogP) is 1.52. The highest BCUT2D eigenvalue weighted by Gasteiger charge is 2.18. The molecule has 0 bridgehead atoms. The molecule has 0 amide bonds. The lowest BCUT2D eigenvalue weighted by molar-refractivity contribution is -0.132. The van der Waals surface area contributed by atoms with Crippen LogP contribution >= 0.6 is 11.6 Å². The van der Waals surface area contributed by atoms with Crippen molar-refractivity contribution in [2.75, 3.05) is 0 Å².